The zero-order chi connectivity index (χ0) is 15.1. The standard InChI is InChI=1S/C17H26N2OS/c1-19(13-15-5-8-16(21-2)9-6-15)17(20)10-7-14-4-3-11-18-12-14/h5-6,8-9,14,18H,3-4,7,10-13H2,1-2H3. The minimum Gasteiger partial charge on any atom is -0.341 e. The van der Waals surface area contributed by atoms with Crippen LogP contribution in [0.5, 0.6) is 0 Å². The van der Waals surface area contributed by atoms with Crippen molar-refractivity contribution in [2.75, 3.05) is 26.4 Å². The summed E-state index contributed by atoms with van der Waals surface area (Å²) in [7, 11) is 1.91. The van der Waals surface area contributed by atoms with E-state index in [1.54, 1.807) is 11.8 Å². The van der Waals surface area contributed by atoms with Crippen molar-refractivity contribution in [3.63, 3.8) is 0 Å². The second-order valence-corrected chi connectivity index (χ2v) is 6.73. The molecule has 0 radical (unpaired) electrons. The van der Waals surface area contributed by atoms with E-state index in [9.17, 15) is 4.79 Å². The Morgan fingerprint density at radius 1 is 1.38 bits per heavy atom. The SMILES string of the molecule is CSc1ccc(CN(C)C(=O)CCC2CCCNC2)cc1. The molecule has 0 spiro atoms. The number of piperidine rings is 1. The summed E-state index contributed by atoms with van der Waals surface area (Å²) in [6.07, 6.45) is 6.27. The molecule has 1 N–H and O–H groups in total. The number of nitrogens with zero attached hydrogens (tertiary/aromatic N) is 1. The van der Waals surface area contributed by atoms with Crippen molar-refractivity contribution in [3.8, 4) is 0 Å². The summed E-state index contributed by atoms with van der Waals surface area (Å²) >= 11 is 1.74. The van der Waals surface area contributed by atoms with E-state index in [0.717, 1.165) is 19.5 Å². The third kappa shape index (κ3) is 5.36. The lowest BCUT2D eigenvalue weighted by Crippen LogP contribution is -2.31. The lowest BCUT2D eigenvalue weighted by atomic mass is 9.94. The van der Waals surface area contributed by atoms with Crippen molar-refractivity contribution in [2.24, 2.45) is 5.92 Å². The molecule has 1 unspecified atom stereocenters. The molecule has 0 saturated carbocycles. The van der Waals surface area contributed by atoms with E-state index in [4.69, 9.17) is 0 Å². The zero-order valence-corrected chi connectivity index (χ0v) is 13.9. The second kappa shape index (κ2) is 8.44. The van der Waals surface area contributed by atoms with Gasteiger partial charge in [0.1, 0.15) is 0 Å². The minimum atomic E-state index is 0.259. The van der Waals surface area contributed by atoms with Gasteiger partial charge in [-0.1, -0.05) is 12.1 Å². The van der Waals surface area contributed by atoms with Crippen LogP contribution in [0.1, 0.15) is 31.2 Å². The van der Waals surface area contributed by atoms with E-state index in [1.165, 1.54) is 23.3 Å². The lowest BCUT2D eigenvalue weighted by molar-refractivity contribution is -0.130. The van der Waals surface area contributed by atoms with Gasteiger partial charge in [0, 0.05) is 24.9 Å². The van der Waals surface area contributed by atoms with Gasteiger partial charge >= 0.3 is 0 Å². The zero-order valence-electron chi connectivity index (χ0n) is 13.1. The van der Waals surface area contributed by atoms with Gasteiger partial charge < -0.3 is 10.2 Å². The van der Waals surface area contributed by atoms with Crippen molar-refractivity contribution in [2.45, 2.75) is 37.1 Å². The summed E-state index contributed by atoms with van der Waals surface area (Å²) in [5, 5.41) is 3.41. The Morgan fingerprint density at radius 2 is 2.14 bits per heavy atom. The van der Waals surface area contributed by atoms with Crippen LogP contribution in [0.2, 0.25) is 0 Å². The molecule has 1 atom stereocenters. The van der Waals surface area contributed by atoms with Gasteiger partial charge in [-0.05, 0) is 62.2 Å². The highest BCUT2D eigenvalue weighted by atomic mass is 32.2. The van der Waals surface area contributed by atoms with E-state index >= 15 is 0 Å². The molecule has 21 heavy (non-hydrogen) atoms. The van der Waals surface area contributed by atoms with Crippen LogP contribution in [-0.4, -0.2) is 37.2 Å². The van der Waals surface area contributed by atoms with Crippen LogP contribution in [0.25, 0.3) is 0 Å². The van der Waals surface area contributed by atoms with Crippen molar-refractivity contribution in [3.05, 3.63) is 29.8 Å². The fourth-order valence-corrected chi connectivity index (χ4v) is 3.19. The maximum Gasteiger partial charge on any atom is 0.222 e. The van der Waals surface area contributed by atoms with E-state index in [2.05, 4.69) is 35.8 Å². The maximum absolute atomic E-state index is 12.2. The van der Waals surface area contributed by atoms with Crippen LogP contribution in [0.15, 0.2) is 29.2 Å². The van der Waals surface area contributed by atoms with Gasteiger partial charge in [-0.15, -0.1) is 11.8 Å². The van der Waals surface area contributed by atoms with Gasteiger partial charge in [0.25, 0.3) is 0 Å². The molecule has 0 bridgehead atoms. The number of amides is 1. The van der Waals surface area contributed by atoms with Crippen molar-refractivity contribution < 1.29 is 4.79 Å². The van der Waals surface area contributed by atoms with E-state index in [0.29, 0.717) is 18.9 Å². The molecule has 116 valence electrons. The van der Waals surface area contributed by atoms with E-state index in [1.807, 2.05) is 11.9 Å². The highest BCUT2D eigenvalue weighted by molar-refractivity contribution is 7.98. The molecule has 1 aromatic carbocycles. The smallest absolute Gasteiger partial charge is 0.222 e. The quantitative estimate of drug-likeness (QED) is 0.820. The normalized spacial score (nSPS) is 18.5. The van der Waals surface area contributed by atoms with Crippen LogP contribution in [0, 0.1) is 5.92 Å². The van der Waals surface area contributed by atoms with Crippen molar-refractivity contribution in [1.29, 1.82) is 0 Å². The maximum atomic E-state index is 12.2. The average molecular weight is 306 g/mol. The Kier molecular flexibility index (Phi) is 6.58. The molecular formula is C17H26N2OS. The second-order valence-electron chi connectivity index (χ2n) is 5.85. The number of benzene rings is 1. The van der Waals surface area contributed by atoms with E-state index < -0.39 is 0 Å². The Bertz CT molecular complexity index is 441. The fraction of sp³-hybridized carbons (Fsp3) is 0.588. The molecule has 1 amide bonds. The third-order valence-electron chi connectivity index (χ3n) is 4.17. The summed E-state index contributed by atoms with van der Waals surface area (Å²) in [5.74, 6) is 0.937. The van der Waals surface area contributed by atoms with Crippen molar-refractivity contribution >= 4 is 17.7 Å². The number of hydrogen-bond donors (Lipinski definition) is 1. The Morgan fingerprint density at radius 3 is 2.76 bits per heavy atom. The summed E-state index contributed by atoms with van der Waals surface area (Å²) in [4.78, 5) is 15.3. The molecule has 1 heterocycles. The third-order valence-corrected chi connectivity index (χ3v) is 4.91. The first kappa shape index (κ1) is 16.4. The number of carbonyl (C=O) groups excluding carboxylic acids is 1. The molecular weight excluding hydrogens is 280 g/mol. The van der Waals surface area contributed by atoms with Gasteiger partial charge in [-0.25, -0.2) is 0 Å². The molecule has 3 nitrogen and oxygen atoms in total. The number of hydrogen-bond acceptors (Lipinski definition) is 3. The topological polar surface area (TPSA) is 32.3 Å². The highest BCUT2D eigenvalue weighted by Gasteiger charge is 2.16. The molecule has 1 aliphatic heterocycles. The first-order valence-electron chi connectivity index (χ1n) is 7.76. The molecule has 1 saturated heterocycles. The first-order chi connectivity index (χ1) is 10.2. The Hall–Kier alpha value is -1.00. The van der Waals surface area contributed by atoms with Crippen LogP contribution in [-0.2, 0) is 11.3 Å². The van der Waals surface area contributed by atoms with Crippen LogP contribution in [0.3, 0.4) is 0 Å². The summed E-state index contributed by atoms with van der Waals surface area (Å²) in [5.41, 5.74) is 1.20. The van der Waals surface area contributed by atoms with Gasteiger partial charge in [-0.3, -0.25) is 4.79 Å². The number of thioether (sulfide) groups is 1. The van der Waals surface area contributed by atoms with Crippen LogP contribution < -0.4 is 5.32 Å². The molecule has 0 aromatic heterocycles. The van der Waals surface area contributed by atoms with Gasteiger partial charge in [0.15, 0.2) is 0 Å². The monoisotopic (exact) mass is 306 g/mol. The Labute approximate surface area is 132 Å². The largest absolute Gasteiger partial charge is 0.341 e. The number of nitrogens with one attached hydrogen (secondary N) is 1. The number of rotatable bonds is 6. The Balaban J connectivity index is 1.75. The fourth-order valence-electron chi connectivity index (χ4n) is 2.78. The highest BCUT2D eigenvalue weighted by Crippen LogP contribution is 2.18. The molecule has 1 aromatic rings. The molecule has 1 aliphatic rings. The number of carbonyl (C=O) groups is 1. The minimum absolute atomic E-state index is 0.259. The molecule has 4 heteroatoms. The molecule has 2 rings (SSSR count). The summed E-state index contributed by atoms with van der Waals surface area (Å²) in [6.45, 7) is 2.92. The van der Waals surface area contributed by atoms with Gasteiger partial charge in [0.05, 0.1) is 0 Å². The first-order valence-corrected chi connectivity index (χ1v) is 8.99. The van der Waals surface area contributed by atoms with E-state index in [-0.39, 0.29) is 5.91 Å². The van der Waals surface area contributed by atoms with Gasteiger partial charge in [0.2, 0.25) is 5.91 Å². The van der Waals surface area contributed by atoms with Gasteiger partial charge in [-0.2, -0.15) is 0 Å². The summed E-state index contributed by atoms with van der Waals surface area (Å²) in [6, 6.07) is 8.46. The average Bonchev–Trinajstić information content (AvgIpc) is 2.54. The molecule has 0 aliphatic carbocycles. The molecule has 1 fully saturated rings. The summed E-state index contributed by atoms with van der Waals surface area (Å²) < 4.78 is 0. The van der Waals surface area contributed by atoms with Crippen LogP contribution >= 0.6 is 11.8 Å². The van der Waals surface area contributed by atoms with Crippen molar-refractivity contribution in [1.82, 2.24) is 10.2 Å². The lowest BCUT2D eigenvalue weighted by Gasteiger charge is -2.24. The van der Waals surface area contributed by atoms with Crippen LogP contribution in [0.4, 0.5) is 0 Å². The predicted octanol–water partition coefficient (Wildman–Crippen LogP) is 3.15. The predicted molar refractivity (Wildman–Crippen MR) is 89.5 cm³/mol.